The zero-order valence-corrected chi connectivity index (χ0v) is 29.3. The Hall–Kier alpha value is -6.44. The van der Waals surface area contributed by atoms with Crippen molar-refractivity contribution in [3.63, 3.8) is 0 Å². The summed E-state index contributed by atoms with van der Waals surface area (Å²) in [5, 5.41) is 7.81. The second-order valence-electron chi connectivity index (χ2n) is 14.5. The molecule has 0 N–H and O–H groups in total. The minimum Gasteiger partial charge on any atom is -0.311 e. The van der Waals surface area contributed by atoms with Crippen LogP contribution in [-0.2, 0) is 5.41 Å². The maximum absolute atomic E-state index is 2.48. The van der Waals surface area contributed by atoms with Crippen LogP contribution in [0.2, 0.25) is 0 Å². The first-order valence-electron chi connectivity index (χ1n) is 18.2. The number of rotatable bonds is 5. The normalized spacial score (nSPS) is 13.0. The van der Waals surface area contributed by atoms with Gasteiger partial charge in [-0.25, -0.2) is 0 Å². The predicted octanol–water partition coefficient (Wildman–Crippen LogP) is 14.3. The maximum atomic E-state index is 2.48. The smallest absolute Gasteiger partial charge is 0.0462 e. The minimum atomic E-state index is -0.182. The summed E-state index contributed by atoms with van der Waals surface area (Å²) >= 11 is 0. The van der Waals surface area contributed by atoms with Crippen LogP contribution in [0.3, 0.4) is 0 Å². The molecule has 9 aromatic rings. The van der Waals surface area contributed by atoms with Crippen molar-refractivity contribution in [1.82, 2.24) is 0 Å². The van der Waals surface area contributed by atoms with Crippen LogP contribution in [0.5, 0.6) is 0 Å². The van der Waals surface area contributed by atoms with E-state index in [1.54, 1.807) is 0 Å². The molecule has 246 valence electrons. The van der Waals surface area contributed by atoms with Crippen LogP contribution in [0.25, 0.3) is 65.7 Å². The molecule has 0 bridgehead atoms. The molecule has 9 aromatic carbocycles. The summed E-state index contributed by atoms with van der Waals surface area (Å²) in [7, 11) is 0. The molecule has 0 amide bonds. The van der Waals surface area contributed by atoms with E-state index >= 15 is 0 Å². The molecule has 1 heteroatoms. The average molecular weight is 664 g/mol. The first-order valence-corrected chi connectivity index (χ1v) is 18.2. The predicted molar refractivity (Wildman–Crippen MR) is 222 cm³/mol. The zero-order valence-electron chi connectivity index (χ0n) is 29.3. The fourth-order valence-corrected chi connectivity index (χ4v) is 8.70. The van der Waals surface area contributed by atoms with Crippen LogP contribution in [0.4, 0.5) is 17.1 Å². The van der Waals surface area contributed by atoms with Crippen molar-refractivity contribution in [1.29, 1.82) is 0 Å². The van der Waals surface area contributed by atoms with Gasteiger partial charge >= 0.3 is 0 Å². The van der Waals surface area contributed by atoms with Gasteiger partial charge in [-0.15, -0.1) is 0 Å². The molecule has 52 heavy (non-hydrogen) atoms. The Morgan fingerprint density at radius 1 is 0.365 bits per heavy atom. The van der Waals surface area contributed by atoms with Crippen molar-refractivity contribution >= 4 is 49.4 Å². The van der Waals surface area contributed by atoms with Gasteiger partial charge in [0.2, 0.25) is 0 Å². The number of para-hydroxylation sites is 2. The third-order valence-corrected chi connectivity index (χ3v) is 11.2. The number of nitrogens with zero attached hydrogens (tertiary/aromatic N) is 1. The van der Waals surface area contributed by atoms with E-state index in [9.17, 15) is 0 Å². The van der Waals surface area contributed by atoms with Gasteiger partial charge in [0.25, 0.3) is 0 Å². The van der Waals surface area contributed by atoms with Crippen LogP contribution in [-0.4, -0.2) is 0 Å². The molecule has 1 aliphatic rings. The molecule has 0 radical (unpaired) electrons. The van der Waals surface area contributed by atoms with Crippen molar-refractivity contribution in [3.05, 3.63) is 199 Å². The Bertz CT molecular complexity index is 2750. The van der Waals surface area contributed by atoms with Crippen molar-refractivity contribution in [2.24, 2.45) is 0 Å². The molecule has 1 aliphatic carbocycles. The monoisotopic (exact) mass is 663 g/mol. The van der Waals surface area contributed by atoms with Crippen LogP contribution >= 0.6 is 0 Å². The summed E-state index contributed by atoms with van der Waals surface area (Å²) in [5.74, 6) is 0. The topological polar surface area (TPSA) is 3.24 Å². The van der Waals surface area contributed by atoms with E-state index in [2.05, 4.69) is 207 Å². The Morgan fingerprint density at radius 3 is 1.67 bits per heavy atom. The van der Waals surface area contributed by atoms with Crippen LogP contribution in [0.1, 0.15) is 25.0 Å². The number of fused-ring (bicyclic) bond motifs is 5. The van der Waals surface area contributed by atoms with E-state index in [0.29, 0.717) is 0 Å². The fraction of sp³-hybridized carbons (Fsp3) is 0.0588. The van der Waals surface area contributed by atoms with Crippen LogP contribution < -0.4 is 4.90 Å². The molecule has 0 saturated heterocycles. The van der Waals surface area contributed by atoms with E-state index in [0.717, 1.165) is 17.1 Å². The Labute approximate surface area is 305 Å². The Kier molecular flexibility index (Phi) is 6.91. The van der Waals surface area contributed by atoms with E-state index < -0.39 is 0 Å². The minimum absolute atomic E-state index is 0.182. The molecule has 0 fully saturated rings. The van der Waals surface area contributed by atoms with E-state index in [4.69, 9.17) is 0 Å². The molecule has 0 aliphatic heterocycles. The number of benzene rings is 9. The molecular formula is C51H37N. The Morgan fingerprint density at radius 2 is 0.942 bits per heavy atom. The number of hydrogen-bond donors (Lipinski definition) is 0. The zero-order chi connectivity index (χ0) is 34.8. The van der Waals surface area contributed by atoms with E-state index in [1.807, 2.05) is 0 Å². The fourth-order valence-electron chi connectivity index (χ4n) is 8.70. The third-order valence-electron chi connectivity index (χ3n) is 11.2. The van der Waals surface area contributed by atoms with E-state index in [1.165, 1.54) is 76.8 Å². The molecule has 1 nitrogen and oxygen atoms in total. The quantitative estimate of drug-likeness (QED) is 0.166. The van der Waals surface area contributed by atoms with Gasteiger partial charge in [0.15, 0.2) is 0 Å². The summed E-state index contributed by atoms with van der Waals surface area (Å²) in [6, 6.07) is 69.0. The highest BCUT2D eigenvalue weighted by atomic mass is 15.1. The van der Waals surface area contributed by atoms with Gasteiger partial charge in [0, 0.05) is 22.5 Å². The van der Waals surface area contributed by atoms with Crippen LogP contribution in [0, 0.1) is 0 Å². The molecule has 0 saturated carbocycles. The molecule has 10 rings (SSSR count). The first-order chi connectivity index (χ1) is 25.6. The number of anilines is 3. The lowest BCUT2D eigenvalue weighted by Gasteiger charge is -2.36. The lowest BCUT2D eigenvalue weighted by atomic mass is 9.67. The van der Waals surface area contributed by atoms with Crippen molar-refractivity contribution in [2.45, 2.75) is 19.3 Å². The first kappa shape index (κ1) is 30.4. The van der Waals surface area contributed by atoms with E-state index in [-0.39, 0.29) is 5.41 Å². The van der Waals surface area contributed by atoms with Gasteiger partial charge in [-0.05, 0) is 125 Å². The largest absolute Gasteiger partial charge is 0.311 e. The number of hydrogen-bond acceptors (Lipinski definition) is 1. The second-order valence-corrected chi connectivity index (χ2v) is 14.5. The SMILES string of the molecule is CC1(C)c2cc(-c3cc4ccccc4c4ccccc34)ccc2-c2c(-c3ccc(N(c4ccccc4)c4ccccc4)cc3)ccc3cccc1c23. The summed E-state index contributed by atoms with van der Waals surface area (Å²) in [4.78, 5) is 2.32. The summed E-state index contributed by atoms with van der Waals surface area (Å²) in [6.07, 6.45) is 0. The van der Waals surface area contributed by atoms with Crippen LogP contribution in [0.15, 0.2) is 188 Å². The van der Waals surface area contributed by atoms with Crippen molar-refractivity contribution in [3.8, 4) is 33.4 Å². The van der Waals surface area contributed by atoms with Gasteiger partial charge in [0.05, 0.1) is 0 Å². The average Bonchev–Trinajstić information content (AvgIpc) is 3.20. The lowest BCUT2D eigenvalue weighted by Crippen LogP contribution is -2.24. The van der Waals surface area contributed by atoms with Gasteiger partial charge in [-0.2, -0.15) is 0 Å². The molecule has 0 unspecified atom stereocenters. The highest BCUT2D eigenvalue weighted by Gasteiger charge is 2.35. The van der Waals surface area contributed by atoms with Crippen molar-refractivity contribution < 1.29 is 0 Å². The van der Waals surface area contributed by atoms with Gasteiger partial charge in [-0.3, -0.25) is 0 Å². The highest BCUT2D eigenvalue weighted by molar-refractivity contribution is 6.14. The molecule has 0 heterocycles. The summed E-state index contributed by atoms with van der Waals surface area (Å²) in [5.41, 5.74) is 13.6. The maximum Gasteiger partial charge on any atom is 0.0462 e. The Balaban J connectivity index is 1.15. The van der Waals surface area contributed by atoms with Gasteiger partial charge < -0.3 is 4.90 Å². The highest BCUT2D eigenvalue weighted by Crippen LogP contribution is 2.53. The second kappa shape index (κ2) is 11.8. The third kappa shape index (κ3) is 4.70. The lowest BCUT2D eigenvalue weighted by molar-refractivity contribution is 0.645. The molecule has 0 aromatic heterocycles. The summed E-state index contributed by atoms with van der Waals surface area (Å²) < 4.78 is 0. The summed E-state index contributed by atoms with van der Waals surface area (Å²) in [6.45, 7) is 4.80. The van der Waals surface area contributed by atoms with Gasteiger partial charge in [0.1, 0.15) is 0 Å². The standard InChI is InChI=1S/C51H37N/c1-51(2)47-23-13-15-35-26-30-42(34-24-28-40(29-25-34)52(38-16-5-3-6-17-38)39-18-7-4-8-19-39)50(49(35)47)45-31-27-37(33-48(45)51)46-32-36-14-9-10-20-41(36)43-21-11-12-22-44(43)46/h3-33H,1-2H3. The molecule has 0 atom stereocenters. The van der Waals surface area contributed by atoms with Gasteiger partial charge in [-0.1, -0.05) is 153 Å². The molecule has 0 spiro atoms. The van der Waals surface area contributed by atoms with Crippen molar-refractivity contribution in [2.75, 3.05) is 4.90 Å². The molecular weight excluding hydrogens is 627 g/mol.